The van der Waals surface area contributed by atoms with E-state index in [1.165, 1.54) is 37.4 Å². The molecule has 0 fully saturated rings. The Morgan fingerprint density at radius 2 is 0.674 bits per heavy atom. The van der Waals surface area contributed by atoms with Crippen molar-refractivity contribution >= 4 is 11.8 Å². The predicted octanol–water partition coefficient (Wildman–Crippen LogP) is 11.1. The Morgan fingerprint density at radius 3 is 0.907 bits per heavy atom. The molecule has 0 saturated carbocycles. The van der Waals surface area contributed by atoms with Gasteiger partial charge in [-0.25, -0.2) is 0 Å². The third kappa shape index (κ3) is 14.7. The minimum absolute atomic E-state index is 0.113. The molecule has 0 amide bonds. The second-order valence-corrected chi connectivity index (χ2v) is 12.3. The predicted molar refractivity (Wildman–Crippen MR) is 179 cm³/mol. The molecule has 244 valence electrons. The third-order valence-electron chi connectivity index (χ3n) is 7.24. The van der Waals surface area contributed by atoms with E-state index in [4.69, 9.17) is 18.9 Å². The number of phenolic OH excluding ortho intramolecular Hbond substituents is 2. The average Bonchev–Trinajstić information content (AvgIpc) is 2.99. The van der Waals surface area contributed by atoms with Gasteiger partial charge in [0.2, 0.25) is 0 Å². The highest BCUT2D eigenvalue weighted by Crippen LogP contribution is 2.51. The monoisotopic (exact) mass is 618 g/mol. The Balaban J connectivity index is 2.43. The summed E-state index contributed by atoms with van der Waals surface area (Å²) in [7, 11) is 0. The van der Waals surface area contributed by atoms with Crippen molar-refractivity contribution in [1.29, 1.82) is 0 Å². The van der Waals surface area contributed by atoms with Gasteiger partial charge in [-0.1, -0.05) is 117 Å². The van der Waals surface area contributed by atoms with Crippen LogP contribution in [-0.2, 0) is 0 Å². The maximum atomic E-state index is 10.6. The standard InChI is InChI=1S/C36H58O6S/c1-5-9-13-17-21-39-31-25-29(37)26-32(40-22-18-14-10-6-2)35(31)43-36-33(41-23-19-15-11-7-3)27-30(38)28-34(36)42-24-20-16-12-8-4/h25-28,37-38H,5-24H2,1-4H3. The Hall–Kier alpha value is -2.41. The summed E-state index contributed by atoms with van der Waals surface area (Å²) in [5.41, 5.74) is 0. The Morgan fingerprint density at radius 1 is 0.419 bits per heavy atom. The summed E-state index contributed by atoms with van der Waals surface area (Å²) in [6.07, 6.45) is 17.5. The van der Waals surface area contributed by atoms with Gasteiger partial charge in [0.15, 0.2) is 0 Å². The lowest BCUT2D eigenvalue weighted by atomic mass is 10.2. The highest BCUT2D eigenvalue weighted by atomic mass is 32.2. The maximum Gasteiger partial charge on any atom is 0.140 e. The molecule has 0 saturated heterocycles. The SMILES string of the molecule is CCCCCCOc1cc(O)cc(OCCCCCC)c1Sc1c(OCCCCCC)cc(O)cc1OCCCCCC. The van der Waals surface area contributed by atoms with Gasteiger partial charge in [-0.05, 0) is 25.7 Å². The molecule has 0 aliphatic rings. The van der Waals surface area contributed by atoms with Crippen molar-refractivity contribution in [2.75, 3.05) is 26.4 Å². The van der Waals surface area contributed by atoms with E-state index in [0.29, 0.717) is 49.4 Å². The van der Waals surface area contributed by atoms with Crippen LogP contribution in [0, 0.1) is 0 Å². The number of aromatic hydroxyl groups is 2. The van der Waals surface area contributed by atoms with E-state index in [-0.39, 0.29) is 11.5 Å². The molecule has 2 aromatic rings. The molecule has 0 aromatic heterocycles. The largest absolute Gasteiger partial charge is 0.508 e. The summed E-state index contributed by atoms with van der Waals surface area (Å²) in [6.45, 7) is 11.0. The van der Waals surface area contributed by atoms with E-state index in [1.54, 1.807) is 24.3 Å². The fourth-order valence-electron chi connectivity index (χ4n) is 4.70. The number of phenols is 2. The molecule has 0 aliphatic heterocycles. The van der Waals surface area contributed by atoms with Crippen molar-refractivity contribution in [3.05, 3.63) is 24.3 Å². The summed E-state index contributed by atoms with van der Waals surface area (Å²) in [5.74, 6) is 2.56. The van der Waals surface area contributed by atoms with Crippen molar-refractivity contribution in [1.82, 2.24) is 0 Å². The molecule has 0 heterocycles. The van der Waals surface area contributed by atoms with E-state index in [2.05, 4.69) is 27.7 Å². The van der Waals surface area contributed by atoms with Gasteiger partial charge in [-0.3, -0.25) is 0 Å². The van der Waals surface area contributed by atoms with Gasteiger partial charge in [0.25, 0.3) is 0 Å². The summed E-state index contributed by atoms with van der Waals surface area (Å²) in [6, 6.07) is 6.68. The minimum atomic E-state index is 0.113. The first-order valence-electron chi connectivity index (χ1n) is 17.0. The molecule has 43 heavy (non-hydrogen) atoms. The normalized spacial score (nSPS) is 11.1. The molecule has 0 unspecified atom stereocenters. The van der Waals surface area contributed by atoms with Crippen LogP contribution in [0.3, 0.4) is 0 Å². The number of rotatable bonds is 26. The highest BCUT2D eigenvalue weighted by molar-refractivity contribution is 7.99. The molecule has 2 rings (SSSR count). The molecule has 0 aliphatic carbocycles. The van der Waals surface area contributed by atoms with Crippen LogP contribution in [0.2, 0.25) is 0 Å². The van der Waals surface area contributed by atoms with Gasteiger partial charge in [0.05, 0.1) is 36.2 Å². The lowest BCUT2D eigenvalue weighted by Crippen LogP contribution is -2.04. The van der Waals surface area contributed by atoms with Gasteiger partial charge in [-0.2, -0.15) is 0 Å². The first kappa shape index (κ1) is 36.8. The molecule has 0 spiro atoms. The second-order valence-electron chi connectivity index (χ2n) is 11.3. The van der Waals surface area contributed by atoms with E-state index < -0.39 is 0 Å². The fourth-order valence-corrected chi connectivity index (χ4v) is 5.78. The van der Waals surface area contributed by atoms with Crippen LogP contribution >= 0.6 is 11.8 Å². The van der Waals surface area contributed by atoms with Crippen molar-refractivity contribution in [3.63, 3.8) is 0 Å². The van der Waals surface area contributed by atoms with Gasteiger partial charge in [0.1, 0.15) is 34.5 Å². The van der Waals surface area contributed by atoms with Crippen LogP contribution < -0.4 is 18.9 Å². The number of benzene rings is 2. The first-order valence-corrected chi connectivity index (χ1v) is 17.8. The van der Waals surface area contributed by atoms with Crippen molar-refractivity contribution in [2.45, 2.75) is 140 Å². The Labute approximate surface area is 265 Å². The maximum absolute atomic E-state index is 10.6. The molecular formula is C36H58O6S. The van der Waals surface area contributed by atoms with Gasteiger partial charge in [-0.15, -0.1) is 0 Å². The van der Waals surface area contributed by atoms with Crippen molar-refractivity contribution in [3.8, 4) is 34.5 Å². The summed E-state index contributed by atoms with van der Waals surface area (Å²) in [5, 5.41) is 21.3. The molecule has 2 aromatic carbocycles. The fraction of sp³-hybridized carbons (Fsp3) is 0.667. The molecule has 0 bridgehead atoms. The number of ether oxygens (including phenoxy) is 4. The second kappa shape index (κ2) is 23.0. The first-order chi connectivity index (χ1) is 21.0. The number of hydrogen-bond acceptors (Lipinski definition) is 7. The number of unbranched alkanes of at least 4 members (excludes halogenated alkanes) is 12. The quantitative estimate of drug-likeness (QED) is 0.102. The Bertz CT molecular complexity index is 862. The smallest absolute Gasteiger partial charge is 0.140 e. The van der Waals surface area contributed by atoms with Gasteiger partial charge >= 0.3 is 0 Å². The van der Waals surface area contributed by atoms with E-state index in [9.17, 15) is 10.2 Å². The molecule has 6 nitrogen and oxygen atoms in total. The zero-order chi connectivity index (χ0) is 31.1. The van der Waals surface area contributed by atoms with Crippen LogP contribution in [0.1, 0.15) is 130 Å². The van der Waals surface area contributed by atoms with E-state index in [1.807, 2.05) is 0 Å². The van der Waals surface area contributed by atoms with Crippen LogP contribution in [0.15, 0.2) is 34.1 Å². The van der Waals surface area contributed by atoms with Crippen LogP contribution in [0.5, 0.6) is 34.5 Å². The third-order valence-corrected chi connectivity index (χ3v) is 8.45. The zero-order valence-electron chi connectivity index (χ0n) is 27.4. The zero-order valence-corrected chi connectivity index (χ0v) is 28.2. The van der Waals surface area contributed by atoms with Crippen LogP contribution in [0.4, 0.5) is 0 Å². The van der Waals surface area contributed by atoms with Crippen LogP contribution in [0.25, 0.3) is 0 Å². The van der Waals surface area contributed by atoms with Gasteiger partial charge in [0, 0.05) is 24.3 Å². The number of hydrogen-bond donors (Lipinski definition) is 2. The van der Waals surface area contributed by atoms with Gasteiger partial charge < -0.3 is 29.2 Å². The topological polar surface area (TPSA) is 77.4 Å². The average molecular weight is 619 g/mol. The molecule has 0 radical (unpaired) electrons. The van der Waals surface area contributed by atoms with Crippen molar-refractivity contribution < 1.29 is 29.2 Å². The van der Waals surface area contributed by atoms with Crippen LogP contribution in [-0.4, -0.2) is 36.6 Å². The van der Waals surface area contributed by atoms with Crippen molar-refractivity contribution in [2.24, 2.45) is 0 Å². The highest BCUT2D eigenvalue weighted by Gasteiger charge is 2.22. The van der Waals surface area contributed by atoms with E-state index in [0.717, 1.165) is 86.8 Å². The molecule has 2 N–H and O–H groups in total. The molecular weight excluding hydrogens is 560 g/mol. The van der Waals surface area contributed by atoms with E-state index >= 15 is 0 Å². The lowest BCUT2D eigenvalue weighted by molar-refractivity contribution is 0.273. The summed E-state index contributed by atoms with van der Waals surface area (Å²) >= 11 is 1.46. The molecule has 0 atom stereocenters. The Kier molecular flexibility index (Phi) is 19.7. The lowest BCUT2D eigenvalue weighted by Gasteiger charge is -2.20. The molecule has 7 heteroatoms. The minimum Gasteiger partial charge on any atom is -0.508 e. The summed E-state index contributed by atoms with van der Waals surface area (Å²) < 4.78 is 25.1. The summed E-state index contributed by atoms with van der Waals surface area (Å²) in [4.78, 5) is 1.56.